The van der Waals surface area contributed by atoms with Crippen LogP contribution in [0, 0.1) is 0 Å². The van der Waals surface area contributed by atoms with Crippen molar-refractivity contribution in [1.82, 2.24) is 10.0 Å². The lowest BCUT2D eigenvalue weighted by molar-refractivity contribution is 0.0974. The first-order valence-corrected chi connectivity index (χ1v) is 11.2. The van der Waals surface area contributed by atoms with Crippen molar-refractivity contribution in [2.45, 2.75) is 11.8 Å². The normalized spacial score (nSPS) is 10.8. The van der Waals surface area contributed by atoms with Crippen LogP contribution in [0.2, 0.25) is 0 Å². The highest BCUT2D eigenvalue weighted by Crippen LogP contribution is 2.23. The number of carbonyl (C=O) groups excluding carboxylic acids is 1. The minimum atomic E-state index is -3.61. The Kier molecular flexibility index (Phi) is 8.32. The molecule has 0 atom stereocenters. The molecule has 0 unspecified atom stereocenters. The molecular formula is C19H20BrN3O4S2. The summed E-state index contributed by atoms with van der Waals surface area (Å²) in [5.74, 6) is 0.0117. The first-order valence-electron chi connectivity index (χ1n) is 8.52. The Bertz CT molecular complexity index is 1010. The lowest BCUT2D eigenvalue weighted by atomic mass is 10.2. The summed E-state index contributed by atoms with van der Waals surface area (Å²) in [6, 6.07) is 11.1. The van der Waals surface area contributed by atoms with Gasteiger partial charge in [0.15, 0.2) is 5.11 Å². The zero-order valence-corrected chi connectivity index (χ0v) is 18.8. The summed E-state index contributed by atoms with van der Waals surface area (Å²) in [4.78, 5) is 12.7. The Labute approximate surface area is 183 Å². The molecule has 2 aromatic carbocycles. The van der Waals surface area contributed by atoms with Crippen molar-refractivity contribution in [3.05, 3.63) is 65.2 Å². The second-order valence-electron chi connectivity index (χ2n) is 5.65. The maximum atomic E-state index is 12.5. The maximum Gasteiger partial charge on any atom is 0.261 e. The fourth-order valence-electron chi connectivity index (χ4n) is 2.26. The Morgan fingerprint density at radius 1 is 1.24 bits per heavy atom. The zero-order chi connectivity index (χ0) is 21.4. The van der Waals surface area contributed by atoms with Gasteiger partial charge in [0.05, 0.1) is 17.1 Å². The molecule has 2 aromatic rings. The summed E-state index contributed by atoms with van der Waals surface area (Å²) in [6.07, 6.45) is 1.46. The first-order chi connectivity index (χ1) is 13.8. The van der Waals surface area contributed by atoms with Crippen LogP contribution in [0.3, 0.4) is 0 Å². The maximum absolute atomic E-state index is 12.5. The van der Waals surface area contributed by atoms with Crippen LogP contribution in [-0.4, -0.2) is 32.6 Å². The van der Waals surface area contributed by atoms with Crippen LogP contribution in [0.25, 0.3) is 0 Å². The SMILES string of the molecule is C=CCNS(=O)(=O)c1ccc(NC(=S)NC(=O)c2cc(Br)ccc2OCC)cc1. The summed E-state index contributed by atoms with van der Waals surface area (Å²) in [5, 5.41) is 5.50. The van der Waals surface area contributed by atoms with E-state index in [1.165, 1.54) is 18.2 Å². The van der Waals surface area contributed by atoms with Gasteiger partial charge in [-0.05, 0) is 61.6 Å². The number of nitrogens with one attached hydrogen (secondary N) is 3. The Balaban J connectivity index is 2.05. The Morgan fingerprint density at radius 2 is 1.93 bits per heavy atom. The number of rotatable bonds is 8. The lowest BCUT2D eigenvalue weighted by Gasteiger charge is -2.13. The van der Waals surface area contributed by atoms with Gasteiger partial charge in [-0.1, -0.05) is 22.0 Å². The minimum Gasteiger partial charge on any atom is -0.493 e. The number of thiocarbonyl (C=S) groups is 1. The zero-order valence-electron chi connectivity index (χ0n) is 15.6. The van der Waals surface area contributed by atoms with Gasteiger partial charge in [0, 0.05) is 16.7 Å². The number of carbonyl (C=O) groups is 1. The third kappa shape index (κ3) is 6.64. The van der Waals surface area contributed by atoms with E-state index in [1.54, 1.807) is 30.3 Å². The summed E-state index contributed by atoms with van der Waals surface area (Å²) in [5.41, 5.74) is 0.859. The smallest absolute Gasteiger partial charge is 0.261 e. The number of amides is 1. The first kappa shape index (κ1) is 23.0. The summed E-state index contributed by atoms with van der Waals surface area (Å²) >= 11 is 8.51. The molecule has 1 amide bonds. The van der Waals surface area contributed by atoms with Crippen LogP contribution >= 0.6 is 28.1 Å². The molecule has 0 bridgehead atoms. The molecule has 0 fully saturated rings. The molecule has 0 saturated carbocycles. The third-order valence-electron chi connectivity index (χ3n) is 3.55. The second kappa shape index (κ2) is 10.5. The minimum absolute atomic E-state index is 0.0674. The molecule has 154 valence electrons. The number of halogens is 1. The van der Waals surface area contributed by atoms with E-state index < -0.39 is 15.9 Å². The van der Waals surface area contributed by atoms with Crippen LogP contribution in [0.15, 0.2) is 64.5 Å². The van der Waals surface area contributed by atoms with E-state index in [4.69, 9.17) is 17.0 Å². The largest absolute Gasteiger partial charge is 0.493 e. The second-order valence-corrected chi connectivity index (χ2v) is 8.74. The van der Waals surface area contributed by atoms with E-state index >= 15 is 0 Å². The average molecular weight is 498 g/mol. The van der Waals surface area contributed by atoms with Gasteiger partial charge in [-0.15, -0.1) is 6.58 Å². The van der Waals surface area contributed by atoms with Crippen molar-refractivity contribution >= 4 is 54.9 Å². The Hall–Kier alpha value is -2.27. The monoisotopic (exact) mass is 497 g/mol. The molecule has 0 aliphatic carbocycles. The third-order valence-corrected chi connectivity index (χ3v) is 5.69. The predicted octanol–water partition coefficient (Wildman–Crippen LogP) is 3.44. The summed E-state index contributed by atoms with van der Waals surface area (Å²) in [7, 11) is -3.61. The van der Waals surface area contributed by atoms with Crippen LogP contribution in [-0.2, 0) is 10.0 Å². The van der Waals surface area contributed by atoms with Crippen LogP contribution in [0.5, 0.6) is 5.75 Å². The highest BCUT2D eigenvalue weighted by Gasteiger charge is 2.15. The number of hydrogen-bond donors (Lipinski definition) is 3. The van der Waals surface area contributed by atoms with E-state index in [0.29, 0.717) is 23.6 Å². The summed E-state index contributed by atoms with van der Waals surface area (Å²) < 4.78 is 32.7. The standard InChI is InChI=1S/C19H20BrN3O4S2/c1-3-11-21-29(25,26)15-8-6-14(7-9-15)22-19(28)23-18(24)16-12-13(20)5-10-17(16)27-4-2/h3,5-10,12,21H,1,4,11H2,2H3,(H2,22,23,24,28). The molecule has 10 heteroatoms. The van der Waals surface area contributed by atoms with Gasteiger partial charge in [0.25, 0.3) is 5.91 Å². The van der Waals surface area contributed by atoms with Gasteiger partial charge in [0.2, 0.25) is 10.0 Å². The molecule has 2 rings (SSSR count). The highest BCUT2D eigenvalue weighted by atomic mass is 79.9. The van der Waals surface area contributed by atoms with Crippen molar-refractivity contribution < 1.29 is 17.9 Å². The van der Waals surface area contributed by atoms with E-state index in [1.807, 2.05) is 6.92 Å². The van der Waals surface area contributed by atoms with Crippen LogP contribution < -0.4 is 20.1 Å². The lowest BCUT2D eigenvalue weighted by Crippen LogP contribution is -2.34. The number of sulfonamides is 1. The van der Waals surface area contributed by atoms with Crippen LogP contribution in [0.4, 0.5) is 5.69 Å². The van der Waals surface area contributed by atoms with Crippen molar-refractivity contribution in [3.63, 3.8) is 0 Å². The Morgan fingerprint density at radius 3 is 2.55 bits per heavy atom. The molecule has 0 aliphatic rings. The molecule has 29 heavy (non-hydrogen) atoms. The number of hydrogen-bond acceptors (Lipinski definition) is 5. The van der Waals surface area contributed by atoms with Gasteiger partial charge in [-0.2, -0.15) is 0 Å². The van der Waals surface area contributed by atoms with Gasteiger partial charge < -0.3 is 10.1 Å². The number of anilines is 1. The molecule has 0 spiro atoms. The van der Waals surface area contributed by atoms with E-state index in [2.05, 4.69) is 37.9 Å². The van der Waals surface area contributed by atoms with E-state index in [0.717, 1.165) is 4.47 Å². The van der Waals surface area contributed by atoms with Crippen molar-refractivity contribution in [3.8, 4) is 5.75 Å². The van der Waals surface area contributed by atoms with Gasteiger partial charge in [-0.3, -0.25) is 10.1 Å². The van der Waals surface area contributed by atoms with Gasteiger partial charge >= 0.3 is 0 Å². The van der Waals surface area contributed by atoms with Crippen molar-refractivity contribution in [2.75, 3.05) is 18.5 Å². The fraction of sp³-hybridized carbons (Fsp3) is 0.158. The van der Waals surface area contributed by atoms with Crippen molar-refractivity contribution in [2.24, 2.45) is 0 Å². The molecule has 0 heterocycles. The molecule has 3 N–H and O–H groups in total. The molecule has 0 aromatic heterocycles. The molecule has 0 radical (unpaired) electrons. The quantitative estimate of drug-likeness (QED) is 0.381. The fourth-order valence-corrected chi connectivity index (χ4v) is 3.83. The van der Waals surface area contributed by atoms with Crippen molar-refractivity contribution in [1.29, 1.82) is 0 Å². The number of ether oxygens (including phenoxy) is 1. The molecule has 7 nitrogen and oxygen atoms in total. The molecule has 0 saturated heterocycles. The number of benzene rings is 2. The van der Waals surface area contributed by atoms with E-state index in [9.17, 15) is 13.2 Å². The van der Waals surface area contributed by atoms with E-state index in [-0.39, 0.29) is 16.6 Å². The van der Waals surface area contributed by atoms with Crippen LogP contribution in [0.1, 0.15) is 17.3 Å². The summed E-state index contributed by atoms with van der Waals surface area (Å²) in [6.45, 7) is 5.85. The molecule has 0 aliphatic heterocycles. The van der Waals surface area contributed by atoms with Gasteiger partial charge in [-0.25, -0.2) is 13.1 Å². The van der Waals surface area contributed by atoms with Gasteiger partial charge in [0.1, 0.15) is 5.75 Å². The average Bonchev–Trinajstić information content (AvgIpc) is 2.68. The topological polar surface area (TPSA) is 96.5 Å². The predicted molar refractivity (Wildman–Crippen MR) is 121 cm³/mol. The highest BCUT2D eigenvalue weighted by molar-refractivity contribution is 9.10. The molecular weight excluding hydrogens is 478 g/mol.